The van der Waals surface area contributed by atoms with Crippen LogP contribution in [-0.2, 0) is 9.53 Å². The van der Waals surface area contributed by atoms with E-state index in [0.29, 0.717) is 18.5 Å². The van der Waals surface area contributed by atoms with Crippen molar-refractivity contribution in [3.63, 3.8) is 0 Å². The zero-order chi connectivity index (χ0) is 19.5. The van der Waals surface area contributed by atoms with Crippen molar-refractivity contribution in [1.82, 2.24) is 0 Å². The Morgan fingerprint density at radius 3 is 2.65 bits per heavy atom. The highest BCUT2D eigenvalue weighted by molar-refractivity contribution is 5.72. The molecule has 3 nitrogen and oxygen atoms in total. The minimum Gasteiger partial charge on any atom is -0.469 e. The highest BCUT2D eigenvalue weighted by Crippen LogP contribution is 2.30. The number of hydrogen-bond donors (Lipinski definition) is 1. The van der Waals surface area contributed by atoms with Gasteiger partial charge in [0.25, 0.3) is 0 Å². The zero-order valence-corrected chi connectivity index (χ0v) is 11.7. The van der Waals surface area contributed by atoms with Crippen molar-refractivity contribution in [2.24, 2.45) is 5.92 Å². The van der Waals surface area contributed by atoms with E-state index in [1.807, 2.05) is 0 Å². The molecule has 1 aromatic carbocycles. The number of ether oxygens (including phenoxy) is 1. The van der Waals surface area contributed by atoms with E-state index in [9.17, 15) is 4.79 Å². The molecule has 1 saturated carbocycles. The van der Waals surface area contributed by atoms with E-state index in [0.717, 1.165) is 12.8 Å². The molecule has 0 spiro atoms. The van der Waals surface area contributed by atoms with Crippen molar-refractivity contribution in [2.75, 3.05) is 12.4 Å². The van der Waals surface area contributed by atoms with Crippen molar-refractivity contribution < 1.29 is 17.8 Å². The summed E-state index contributed by atoms with van der Waals surface area (Å²) in [4.78, 5) is 11.6. The Morgan fingerprint density at radius 2 is 2.00 bits per heavy atom. The molecule has 0 amide bonds. The van der Waals surface area contributed by atoms with Crippen LogP contribution < -0.4 is 5.32 Å². The Balaban J connectivity index is 2.18. The van der Waals surface area contributed by atoms with Crippen molar-refractivity contribution in [3.05, 3.63) is 29.8 Å². The summed E-state index contributed by atoms with van der Waals surface area (Å²) in [5, 5.41) is 3.30. The van der Waals surface area contributed by atoms with Gasteiger partial charge in [0.2, 0.25) is 0 Å². The average molecular weight is 281 g/mol. The van der Waals surface area contributed by atoms with Crippen molar-refractivity contribution in [1.29, 1.82) is 0 Å². The largest absolute Gasteiger partial charge is 0.469 e. The van der Waals surface area contributed by atoms with Crippen LogP contribution in [0.4, 0.5) is 5.69 Å². The molecule has 3 heteroatoms. The third kappa shape index (κ3) is 3.53. The molecule has 20 heavy (non-hydrogen) atoms. The molecular formula is C17H25NO2. The molecule has 1 N–H and O–H groups in total. The number of anilines is 1. The van der Waals surface area contributed by atoms with Gasteiger partial charge in [0.05, 0.1) is 13.0 Å². The SMILES string of the molecule is [2H]C([2H])([2H])C(c1ccccc1NC1CCC(C(=O)OC)CC1)C([2H])([2H])[2H]. The minimum atomic E-state index is -2.63. The number of methoxy groups -OCH3 is 1. The van der Waals surface area contributed by atoms with E-state index in [2.05, 4.69) is 5.32 Å². The first-order chi connectivity index (χ1) is 12.0. The number of rotatable bonds is 4. The van der Waals surface area contributed by atoms with Crippen LogP contribution in [0.1, 0.15) is 59.1 Å². The zero-order valence-electron chi connectivity index (χ0n) is 17.7. The monoisotopic (exact) mass is 281 g/mol. The Bertz CT molecular complexity index is 606. The molecule has 0 saturated heterocycles. The summed E-state index contributed by atoms with van der Waals surface area (Å²) in [6.45, 7) is -5.27. The minimum absolute atomic E-state index is 0.0610. The number of benzene rings is 1. The van der Waals surface area contributed by atoms with Gasteiger partial charge < -0.3 is 10.1 Å². The standard InChI is InChI=1S/C17H25NO2/c1-12(2)15-6-4-5-7-16(15)18-14-10-8-13(9-11-14)17(19)20-3/h4-7,12-14,18H,8-11H2,1-3H3/i1D3,2D3. The lowest BCUT2D eigenvalue weighted by atomic mass is 9.85. The smallest absolute Gasteiger partial charge is 0.308 e. The molecule has 0 unspecified atom stereocenters. The van der Waals surface area contributed by atoms with E-state index in [4.69, 9.17) is 13.0 Å². The van der Waals surface area contributed by atoms with Crippen LogP contribution in [0.3, 0.4) is 0 Å². The Labute approximate surface area is 130 Å². The molecule has 0 bridgehead atoms. The number of carbonyl (C=O) groups is 1. The number of hydrogen-bond acceptors (Lipinski definition) is 3. The summed E-state index contributed by atoms with van der Waals surface area (Å²) in [7, 11) is 1.38. The van der Waals surface area contributed by atoms with Crippen LogP contribution >= 0.6 is 0 Å². The lowest BCUT2D eigenvalue weighted by Gasteiger charge is -2.29. The Kier molecular flexibility index (Phi) is 2.95. The van der Waals surface area contributed by atoms with Crippen molar-refractivity contribution in [3.8, 4) is 0 Å². The number of nitrogens with one attached hydrogen (secondary N) is 1. The third-order valence-corrected chi connectivity index (χ3v) is 3.89. The fraction of sp³-hybridized carbons (Fsp3) is 0.588. The molecule has 1 fully saturated rings. The normalized spacial score (nSPS) is 28.3. The summed E-state index contributed by atoms with van der Waals surface area (Å²) < 4.78 is 50.9. The summed E-state index contributed by atoms with van der Waals surface area (Å²) in [5.41, 5.74) is 0.814. The van der Waals surface area contributed by atoms with Gasteiger partial charge in [0.1, 0.15) is 0 Å². The van der Waals surface area contributed by atoms with E-state index < -0.39 is 19.6 Å². The molecule has 0 atom stereocenters. The second-order valence-corrected chi connectivity index (χ2v) is 5.24. The third-order valence-electron chi connectivity index (χ3n) is 3.89. The van der Waals surface area contributed by atoms with Gasteiger partial charge in [-0.15, -0.1) is 0 Å². The predicted molar refractivity (Wildman–Crippen MR) is 81.9 cm³/mol. The topological polar surface area (TPSA) is 38.3 Å². The maximum Gasteiger partial charge on any atom is 0.308 e. The fourth-order valence-electron chi connectivity index (χ4n) is 2.74. The fourth-order valence-corrected chi connectivity index (χ4v) is 2.74. The van der Waals surface area contributed by atoms with Gasteiger partial charge in [-0.2, -0.15) is 0 Å². The van der Waals surface area contributed by atoms with E-state index >= 15 is 0 Å². The average Bonchev–Trinajstić information content (AvgIpc) is 2.54. The molecule has 0 aromatic heterocycles. The van der Waals surface area contributed by atoms with Crippen LogP contribution in [0.5, 0.6) is 0 Å². The van der Waals surface area contributed by atoms with Crippen LogP contribution in [0.15, 0.2) is 24.3 Å². The Hall–Kier alpha value is -1.51. The van der Waals surface area contributed by atoms with E-state index in [-0.39, 0.29) is 23.5 Å². The maximum atomic E-state index is 11.6. The molecule has 0 aliphatic heterocycles. The van der Waals surface area contributed by atoms with Crippen LogP contribution in [0.2, 0.25) is 0 Å². The summed E-state index contributed by atoms with van der Waals surface area (Å²) >= 11 is 0. The number of esters is 1. The molecule has 2 rings (SSSR count). The Morgan fingerprint density at radius 1 is 1.30 bits per heavy atom. The van der Waals surface area contributed by atoms with Crippen LogP contribution in [0.25, 0.3) is 0 Å². The molecule has 1 aliphatic rings. The van der Waals surface area contributed by atoms with E-state index in [1.54, 1.807) is 24.3 Å². The highest BCUT2D eigenvalue weighted by Gasteiger charge is 2.27. The summed E-state index contributed by atoms with van der Waals surface area (Å²) in [5.74, 6) is -1.86. The number of carbonyl (C=O) groups excluding carboxylic acids is 1. The van der Waals surface area contributed by atoms with Gasteiger partial charge in [-0.3, -0.25) is 4.79 Å². The van der Waals surface area contributed by atoms with Crippen molar-refractivity contribution >= 4 is 11.7 Å². The second kappa shape index (κ2) is 6.78. The molecule has 0 radical (unpaired) electrons. The highest BCUT2D eigenvalue weighted by atomic mass is 16.5. The van der Waals surface area contributed by atoms with Crippen LogP contribution in [-0.4, -0.2) is 19.1 Å². The summed E-state index contributed by atoms with van der Waals surface area (Å²) in [6.07, 6.45) is 2.85. The first-order valence-corrected chi connectivity index (χ1v) is 6.97. The van der Waals surface area contributed by atoms with Crippen LogP contribution in [0, 0.1) is 5.92 Å². The lowest BCUT2D eigenvalue weighted by Crippen LogP contribution is -2.30. The quantitative estimate of drug-likeness (QED) is 0.849. The predicted octanol–water partition coefficient (Wildman–Crippen LogP) is 3.95. The molecule has 0 heterocycles. The summed E-state index contributed by atoms with van der Waals surface area (Å²) in [6, 6.07) is 6.74. The van der Waals surface area contributed by atoms with Gasteiger partial charge in [0, 0.05) is 20.0 Å². The lowest BCUT2D eigenvalue weighted by molar-refractivity contribution is -0.146. The van der Waals surface area contributed by atoms with Gasteiger partial charge in [-0.1, -0.05) is 31.9 Å². The van der Waals surface area contributed by atoms with Gasteiger partial charge in [-0.25, -0.2) is 0 Å². The van der Waals surface area contributed by atoms with Gasteiger partial charge in [-0.05, 0) is 43.2 Å². The number of para-hydroxylation sites is 1. The molecular weight excluding hydrogens is 250 g/mol. The second-order valence-electron chi connectivity index (χ2n) is 5.24. The molecule has 1 aromatic rings. The molecule has 1 aliphatic carbocycles. The first-order valence-electron chi connectivity index (χ1n) is 9.97. The van der Waals surface area contributed by atoms with E-state index in [1.165, 1.54) is 7.11 Å². The van der Waals surface area contributed by atoms with Gasteiger partial charge >= 0.3 is 5.97 Å². The van der Waals surface area contributed by atoms with Gasteiger partial charge in [0.15, 0.2) is 0 Å². The van der Waals surface area contributed by atoms with Crippen molar-refractivity contribution in [2.45, 2.75) is 51.3 Å². The maximum absolute atomic E-state index is 11.6. The molecule has 110 valence electrons. The first kappa shape index (κ1) is 8.71.